The maximum atomic E-state index is 11.9. The van der Waals surface area contributed by atoms with E-state index < -0.39 is 0 Å². The molecule has 0 unspecified atom stereocenters. The van der Waals surface area contributed by atoms with Gasteiger partial charge in [-0.15, -0.1) is 0 Å². The van der Waals surface area contributed by atoms with Crippen LogP contribution in [-0.2, 0) is 4.79 Å². The molecule has 0 spiro atoms. The van der Waals surface area contributed by atoms with Crippen molar-refractivity contribution in [3.05, 3.63) is 35.5 Å². The maximum Gasteiger partial charge on any atom is 0.238 e. The van der Waals surface area contributed by atoms with E-state index in [1.807, 2.05) is 12.1 Å². The zero-order chi connectivity index (χ0) is 13.9. The Morgan fingerprint density at radius 3 is 3.00 bits per heavy atom. The summed E-state index contributed by atoms with van der Waals surface area (Å²) in [5.74, 6) is 0.709. The van der Waals surface area contributed by atoms with Crippen molar-refractivity contribution in [1.29, 1.82) is 0 Å². The molecule has 1 aromatic carbocycles. The van der Waals surface area contributed by atoms with E-state index in [2.05, 4.69) is 15.6 Å². The van der Waals surface area contributed by atoms with E-state index in [4.69, 9.17) is 11.6 Å². The quantitative estimate of drug-likeness (QED) is 0.890. The van der Waals surface area contributed by atoms with E-state index in [-0.39, 0.29) is 5.91 Å². The summed E-state index contributed by atoms with van der Waals surface area (Å²) in [5.41, 5.74) is 1.42. The third-order valence-corrected chi connectivity index (χ3v) is 3.74. The number of pyridine rings is 1. The highest BCUT2D eigenvalue weighted by atomic mass is 35.5. The Morgan fingerprint density at radius 1 is 1.35 bits per heavy atom. The Hall–Kier alpha value is -1.65. The van der Waals surface area contributed by atoms with Gasteiger partial charge in [0, 0.05) is 11.6 Å². The van der Waals surface area contributed by atoms with Gasteiger partial charge in [-0.1, -0.05) is 11.6 Å². The highest BCUT2D eigenvalue weighted by molar-refractivity contribution is 6.35. The van der Waals surface area contributed by atoms with Crippen LogP contribution in [0.2, 0.25) is 5.02 Å². The first-order valence-electron chi connectivity index (χ1n) is 6.78. The first-order valence-corrected chi connectivity index (χ1v) is 7.15. The number of benzene rings is 1. The van der Waals surface area contributed by atoms with Gasteiger partial charge in [-0.3, -0.25) is 9.78 Å². The highest BCUT2D eigenvalue weighted by Gasteiger charge is 2.20. The fourth-order valence-electron chi connectivity index (χ4n) is 2.14. The number of carbonyl (C=O) groups is 1. The number of halogens is 1. The van der Waals surface area contributed by atoms with Crippen LogP contribution < -0.4 is 10.6 Å². The smallest absolute Gasteiger partial charge is 0.238 e. The molecule has 0 aliphatic heterocycles. The zero-order valence-electron chi connectivity index (χ0n) is 11.0. The van der Waals surface area contributed by atoms with E-state index in [9.17, 15) is 4.79 Å². The number of hydrogen-bond donors (Lipinski definition) is 2. The minimum Gasteiger partial charge on any atom is -0.323 e. The standard InChI is InChI=1S/C15H16ClN3O/c16-12-5-6-13(15-11(12)2-1-7-18-15)19-14(20)9-17-8-10-3-4-10/h1-2,5-7,10,17H,3-4,8-9H2,(H,19,20). The number of fused-ring (bicyclic) bond motifs is 1. The summed E-state index contributed by atoms with van der Waals surface area (Å²) < 4.78 is 0. The molecule has 0 radical (unpaired) electrons. The molecule has 104 valence electrons. The van der Waals surface area contributed by atoms with Gasteiger partial charge >= 0.3 is 0 Å². The summed E-state index contributed by atoms with van der Waals surface area (Å²) in [4.78, 5) is 16.2. The Bertz CT molecular complexity index is 640. The molecule has 1 saturated carbocycles. The number of rotatable bonds is 5. The van der Waals surface area contributed by atoms with Crippen LogP contribution in [0.4, 0.5) is 5.69 Å². The van der Waals surface area contributed by atoms with Crippen molar-refractivity contribution in [2.75, 3.05) is 18.4 Å². The number of aromatic nitrogens is 1. The summed E-state index contributed by atoms with van der Waals surface area (Å²) in [6.07, 6.45) is 4.25. The van der Waals surface area contributed by atoms with Crippen molar-refractivity contribution in [2.45, 2.75) is 12.8 Å². The van der Waals surface area contributed by atoms with Gasteiger partial charge in [0.2, 0.25) is 5.91 Å². The van der Waals surface area contributed by atoms with E-state index in [0.717, 1.165) is 23.4 Å². The van der Waals surface area contributed by atoms with E-state index in [0.29, 0.717) is 17.3 Å². The fourth-order valence-corrected chi connectivity index (χ4v) is 2.36. The van der Waals surface area contributed by atoms with Crippen LogP contribution in [0.1, 0.15) is 12.8 Å². The molecule has 20 heavy (non-hydrogen) atoms. The third kappa shape index (κ3) is 3.08. The van der Waals surface area contributed by atoms with Crippen molar-refractivity contribution in [2.24, 2.45) is 5.92 Å². The number of carbonyl (C=O) groups excluding carboxylic acids is 1. The maximum absolute atomic E-state index is 11.9. The minimum atomic E-state index is -0.0556. The van der Waals surface area contributed by atoms with E-state index in [1.54, 1.807) is 18.3 Å². The summed E-state index contributed by atoms with van der Waals surface area (Å²) in [7, 11) is 0. The molecule has 2 N–H and O–H groups in total. The molecule has 0 atom stereocenters. The van der Waals surface area contributed by atoms with Crippen LogP contribution in [0.3, 0.4) is 0 Å². The topological polar surface area (TPSA) is 54.0 Å². The predicted molar refractivity (Wildman–Crippen MR) is 81.0 cm³/mol. The molecule has 1 aliphatic rings. The van der Waals surface area contributed by atoms with Crippen LogP contribution in [0.15, 0.2) is 30.5 Å². The normalized spacial score (nSPS) is 14.4. The number of nitrogens with one attached hydrogen (secondary N) is 2. The molecule has 4 nitrogen and oxygen atoms in total. The SMILES string of the molecule is O=C(CNCC1CC1)Nc1ccc(Cl)c2cccnc12. The van der Waals surface area contributed by atoms with Gasteiger partial charge in [0.05, 0.1) is 22.8 Å². The van der Waals surface area contributed by atoms with Crippen LogP contribution >= 0.6 is 11.6 Å². The van der Waals surface area contributed by atoms with Gasteiger partial charge in [0.25, 0.3) is 0 Å². The molecule has 3 rings (SSSR count). The lowest BCUT2D eigenvalue weighted by Gasteiger charge is -2.09. The predicted octanol–water partition coefficient (Wildman–Crippen LogP) is 2.83. The largest absolute Gasteiger partial charge is 0.323 e. The summed E-state index contributed by atoms with van der Waals surface area (Å²) in [6.45, 7) is 1.25. The molecular weight excluding hydrogens is 274 g/mol. The second-order valence-corrected chi connectivity index (χ2v) is 5.52. The molecule has 0 bridgehead atoms. The summed E-state index contributed by atoms with van der Waals surface area (Å²) in [5, 5.41) is 7.53. The molecule has 5 heteroatoms. The highest BCUT2D eigenvalue weighted by Crippen LogP contribution is 2.28. The average molecular weight is 290 g/mol. The summed E-state index contributed by atoms with van der Waals surface area (Å²) in [6, 6.07) is 7.29. The third-order valence-electron chi connectivity index (χ3n) is 3.41. The molecule has 2 aromatic rings. The molecule has 1 aromatic heterocycles. The number of anilines is 1. The molecule has 1 fully saturated rings. The van der Waals surface area contributed by atoms with Crippen molar-refractivity contribution < 1.29 is 4.79 Å². The minimum absolute atomic E-state index is 0.0556. The first-order chi connectivity index (χ1) is 9.74. The number of amides is 1. The van der Waals surface area contributed by atoms with E-state index >= 15 is 0 Å². The van der Waals surface area contributed by atoms with Crippen LogP contribution in [0.25, 0.3) is 10.9 Å². The molecule has 1 heterocycles. The Morgan fingerprint density at radius 2 is 2.20 bits per heavy atom. The first kappa shape index (κ1) is 13.3. The number of hydrogen-bond acceptors (Lipinski definition) is 3. The lowest BCUT2D eigenvalue weighted by Crippen LogP contribution is -2.29. The second kappa shape index (κ2) is 5.77. The molecule has 1 aliphatic carbocycles. The van der Waals surface area contributed by atoms with Gasteiger partial charge in [-0.05, 0) is 49.6 Å². The second-order valence-electron chi connectivity index (χ2n) is 5.12. The lowest BCUT2D eigenvalue weighted by atomic mass is 10.2. The van der Waals surface area contributed by atoms with E-state index in [1.165, 1.54) is 12.8 Å². The number of nitrogens with zero attached hydrogens (tertiary/aromatic N) is 1. The van der Waals surface area contributed by atoms with Gasteiger partial charge in [-0.2, -0.15) is 0 Å². The van der Waals surface area contributed by atoms with Gasteiger partial charge in [0.15, 0.2) is 0 Å². The Labute approximate surface area is 122 Å². The van der Waals surface area contributed by atoms with Crippen LogP contribution in [0.5, 0.6) is 0 Å². The Kier molecular flexibility index (Phi) is 3.85. The average Bonchev–Trinajstić information content (AvgIpc) is 3.27. The van der Waals surface area contributed by atoms with Gasteiger partial charge < -0.3 is 10.6 Å². The Balaban J connectivity index is 1.70. The molecular formula is C15H16ClN3O. The fraction of sp³-hybridized carbons (Fsp3) is 0.333. The van der Waals surface area contributed by atoms with Gasteiger partial charge in [0.1, 0.15) is 0 Å². The van der Waals surface area contributed by atoms with Crippen LogP contribution in [-0.4, -0.2) is 24.0 Å². The van der Waals surface area contributed by atoms with Crippen molar-refractivity contribution in [3.8, 4) is 0 Å². The van der Waals surface area contributed by atoms with Gasteiger partial charge in [-0.25, -0.2) is 0 Å². The monoisotopic (exact) mass is 289 g/mol. The zero-order valence-corrected chi connectivity index (χ0v) is 11.8. The lowest BCUT2D eigenvalue weighted by molar-refractivity contribution is -0.115. The molecule has 0 saturated heterocycles. The summed E-state index contributed by atoms with van der Waals surface area (Å²) >= 11 is 6.13. The van der Waals surface area contributed by atoms with Crippen LogP contribution in [0, 0.1) is 5.92 Å². The van der Waals surface area contributed by atoms with Crippen molar-refractivity contribution in [1.82, 2.24) is 10.3 Å². The van der Waals surface area contributed by atoms with Crippen molar-refractivity contribution in [3.63, 3.8) is 0 Å². The molecule has 1 amide bonds. The van der Waals surface area contributed by atoms with Crippen molar-refractivity contribution >= 4 is 34.1 Å².